The van der Waals surface area contributed by atoms with Crippen LogP contribution >= 0.6 is 0 Å². The van der Waals surface area contributed by atoms with Gasteiger partial charge in [0.2, 0.25) is 0 Å². The van der Waals surface area contributed by atoms with E-state index in [1.807, 2.05) is 27.7 Å². The Balaban J connectivity index is 2.10. The minimum Gasteiger partial charge on any atom is -0.444 e. The Labute approximate surface area is 101 Å². The molecule has 1 unspecified atom stereocenters. The van der Waals surface area contributed by atoms with E-state index in [0.29, 0.717) is 6.54 Å². The molecule has 5 heteroatoms. The molecule has 1 aromatic heterocycles. The number of carbonyl (C=O) groups excluding carboxylic acids is 1. The summed E-state index contributed by atoms with van der Waals surface area (Å²) in [4.78, 5) is 21.1. The van der Waals surface area contributed by atoms with Crippen molar-refractivity contribution in [3.8, 4) is 0 Å². The van der Waals surface area contributed by atoms with Crippen molar-refractivity contribution in [3.05, 3.63) is 17.7 Å². The van der Waals surface area contributed by atoms with Gasteiger partial charge in [-0.3, -0.25) is 4.90 Å². The predicted molar refractivity (Wildman–Crippen MR) is 63.5 cm³/mol. The fourth-order valence-corrected chi connectivity index (χ4v) is 1.94. The Morgan fingerprint density at radius 2 is 2.29 bits per heavy atom. The number of carbonyl (C=O) groups is 1. The monoisotopic (exact) mass is 237 g/mol. The van der Waals surface area contributed by atoms with Crippen LogP contribution < -0.4 is 0 Å². The van der Waals surface area contributed by atoms with Gasteiger partial charge in [0, 0.05) is 12.5 Å². The molecule has 2 rings (SSSR count). The zero-order valence-corrected chi connectivity index (χ0v) is 10.8. The maximum Gasteiger partial charge on any atom is 0.410 e. The van der Waals surface area contributed by atoms with E-state index in [-0.39, 0.29) is 12.1 Å². The molecule has 17 heavy (non-hydrogen) atoms. The van der Waals surface area contributed by atoms with Crippen LogP contribution in [0, 0.1) is 0 Å². The van der Waals surface area contributed by atoms with Crippen molar-refractivity contribution in [2.75, 3.05) is 0 Å². The average Bonchev–Trinajstić information content (AvgIpc) is 2.60. The summed E-state index contributed by atoms with van der Waals surface area (Å²) in [5.41, 5.74) is 1.61. The number of hydrogen-bond donors (Lipinski definition) is 1. The molecule has 2 heterocycles. The smallest absolute Gasteiger partial charge is 0.410 e. The lowest BCUT2D eigenvalue weighted by Gasteiger charge is -2.34. The van der Waals surface area contributed by atoms with E-state index in [1.54, 1.807) is 11.2 Å². The molecule has 0 fully saturated rings. The summed E-state index contributed by atoms with van der Waals surface area (Å²) in [5, 5.41) is 0. The number of aromatic nitrogens is 2. The maximum atomic E-state index is 12.0. The van der Waals surface area contributed by atoms with E-state index < -0.39 is 5.60 Å². The summed E-state index contributed by atoms with van der Waals surface area (Å²) in [6, 6.07) is 0.126. The number of nitrogens with one attached hydrogen (secondary N) is 1. The van der Waals surface area contributed by atoms with Crippen molar-refractivity contribution >= 4 is 6.09 Å². The fourth-order valence-electron chi connectivity index (χ4n) is 1.94. The molecule has 1 amide bonds. The SMILES string of the molecule is CC1Cc2nc[nH]c2CN1C(=O)OC(C)(C)C. The minimum atomic E-state index is -0.453. The molecule has 1 aliphatic heterocycles. The third kappa shape index (κ3) is 2.60. The van der Waals surface area contributed by atoms with Gasteiger partial charge >= 0.3 is 6.09 Å². The van der Waals surface area contributed by atoms with Gasteiger partial charge in [-0.2, -0.15) is 0 Å². The maximum absolute atomic E-state index is 12.0. The molecular weight excluding hydrogens is 218 g/mol. The summed E-state index contributed by atoms with van der Waals surface area (Å²) >= 11 is 0. The van der Waals surface area contributed by atoms with Crippen molar-refractivity contribution in [2.24, 2.45) is 0 Å². The number of fused-ring (bicyclic) bond motifs is 1. The summed E-state index contributed by atoms with van der Waals surface area (Å²) in [6.07, 6.45) is 2.19. The number of rotatable bonds is 0. The van der Waals surface area contributed by atoms with E-state index in [2.05, 4.69) is 9.97 Å². The number of H-pyrrole nitrogens is 1. The van der Waals surface area contributed by atoms with Gasteiger partial charge in [0.1, 0.15) is 5.60 Å². The van der Waals surface area contributed by atoms with Crippen molar-refractivity contribution in [3.63, 3.8) is 0 Å². The van der Waals surface area contributed by atoms with Crippen LogP contribution in [-0.4, -0.2) is 32.6 Å². The van der Waals surface area contributed by atoms with E-state index >= 15 is 0 Å². The first-order chi connectivity index (χ1) is 7.87. The van der Waals surface area contributed by atoms with E-state index in [9.17, 15) is 4.79 Å². The van der Waals surface area contributed by atoms with Gasteiger partial charge in [-0.15, -0.1) is 0 Å². The lowest BCUT2D eigenvalue weighted by Crippen LogP contribution is -2.45. The van der Waals surface area contributed by atoms with Gasteiger partial charge in [-0.05, 0) is 27.7 Å². The van der Waals surface area contributed by atoms with Gasteiger partial charge in [0.15, 0.2) is 0 Å². The van der Waals surface area contributed by atoms with Crippen molar-refractivity contribution in [1.82, 2.24) is 14.9 Å². The van der Waals surface area contributed by atoms with Crippen LogP contribution in [-0.2, 0) is 17.7 Å². The van der Waals surface area contributed by atoms with Crippen LogP contribution in [0.4, 0.5) is 4.79 Å². The molecule has 5 nitrogen and oxygen atoms in total. The number of aromatic amines is 1. The largest absolute Gasteiger partial charge is 0.444 e. The summed E-state index contributed by atoms with van der Waals surface area (Å²) < 4.78 is 5.39. The van der Waals surface area contributed by atoms with Crippen LogP contribution in [0.25, 0.3) is 0 Å². The third-order valence-corrected chi connectivity index (χ3v) is 2.78. The molecule has 0 saturated carbocycles. The number of hydrogen-bond acceptors (Lipinski definition) is 3. The van der Waals surface area contributed by atoms with Crippen LogP contribution in [0.1, 0.15) is 39.1 Å². The molecule has 0 saturated heterocycles. The van der Waals surface area contributed by atoms with Crippen molar-refractivity contribution in [1.29, 1.82) is 0 Å². The topological polar surface area (TPSA) is 58.2 Å². The lowest BCUT2D eigenvalue weighted by molar-refractivity contribution is 0.0134. The van der Waals surface area contributed by atoms with Crippen molar-refractivity contribution < 1.29 is 9.53 Å². The molecular formula is C12H19N3O2. The van der Waals surface area contributed by atoms with E-state index in [0.717, 1.165) is 17.8 Å². The molecule has 0 aromatic carbocycles. The highest BCUT2D eigenvalue weighted by atomic mass is 16.6. The quantitative estimate of drug-likeness (QED) is 0.751. The molecule has 0 aliphatic carbocycles. The van der Waals surface area contributed by atoms with Crippen molar-refractivity contribution in [2.45, 2.75) is 52.3 Å². The zero-order chi connectivity index (χ0) is 12.6. The highest BCUT2D eigenvalue weighted by Gasteiger charge is 2.31. The Morgan fingerprint density at radius 1 is 1.59 bits per heavy atom. The molecule has 94 valence electrons. The summed E-state index contributed by atoms with van der Waals surface area (Å²) in [6.45, 7) is 8.19. The number of amides is 1. The normalized spacial score (nSPS) is 20.0. The van der Waals surface area contributed by atoms with Gasteiger partial charge in [-0.1, -0.05) is 0 Å². The average molecular weight is 237 g/mol. The third-order valence-electron chi connectivity index (χ3n) is 2.78. The summed E-state index contributed by atoms with van der Waals surface area (Å²) in [5.74, 6) is 0. The number of ether oxygens (including phenoxy) is 1. The number of nitrogens with zero attached hydrogens (tertiary/aromatic N) is 2. The van der Waals surface area contributed by atoms with Crippen LogP contribution in [0.15, 0.2) is 6.33 Å². The van der Waals surface area contributed by atoms with Gasteiger partial charge in [0.25, 0.3) is 0 Å². The molecule has 1 aromatic rings. The second-order valence-electron chi connectivity index (χ2n) is 5.49. The molecule has 0 bridgehead atoms. The molecule has 0 spiro atoms. The Morgan fingerprint density at radius 3 is 2.94 bits per heavy atom. The second kappa shape index (κ2) is 4.05. The van der Waals surface area contributed by atoms with E-state index in [4.69, 9.17) is 4.74 Å². The first-order valence-corrected chi connectivity index (χ1v) is 5.87. The minimum absolute atomic E-state index is 0.126. The van der Waals surface area contributed by atoms with Crippen LogP contribution in [0.5, 0.6) is 0 Å². The van der Waals surface area contributed by atoms with Gasteiger partial charge < -0.3 is 9.72 Å². The molecule has 1 N–H and O–H groups in total. The predicted octanol–water partition coefficient (Wildman–Crippen LogP) is 2.09. The van der Waals surface area contributed by atoms with E-state index in [1.165, 1.54) is 0 Å². The molecule has 1 atom stereocenters. The first kappa shape index (κ1) is 12.0. The molecule has 0 radical (unpaired) electrons. The summed E-state index contributed by atoms with van der Waals surface area (Å²) in [7, 11) is 0. The highest BCUT2D eigenvalue weighted by molar-refractivity contribution is 5.69. The lowest BCUT2D eigenvalue weighted by atomic mass is 10.1. The van der Waals surface area contributed by atoms with Crippen LogP contribution in [0.3, 0.4) is 0 Å². The Kier molecular flexibility index (Phi) is 2.85. The zero-order valence-electron chi connectivity index (χ0n) is 10.8. The second-order valence-corrected chi connectivity index (χ2v) is 5.49. The number of imidazole rings is 1. The van der Waals surface area contributed by atoms with Crippen LogP contribution in [0.2, 0.25) is 0 Å². The standard InChI is InChI=1S/C12H19N3O2/c1-8-5-9-10(14-7-13-9)6-15(8)11(16)17-12(2,3)4/h7-8H,5-6H2,1-4H3,(H,13,14). The highest BCUT2D eigenvalue weighted by Crippen LogP contribution is 2.22. The van der Waals surface area contributed by atoms with Gasteiger partial charge in [-0.25, -0.2) is 9.78 Å². The van der Waals surface area contributed by atoms with Gasteiger partial charge in [0.05, 0.1) is 24.3 Å². The first-order valence-electron chi connectivity index (χ1n) is 5.87. The molecule has 1 aliphatic rings. The Bertz CT molecular complexity index is 420. The Hall–Kier alpha value is -1.52. The fraction of sp³-hybridized carbons (Fsp3) is 0.667.